The van der Waals surface area contributed by atoms with Gasteiger partial charge in [0, 0.05) is 30.8 Å². The quantitative estimate of drug-likeness (QED) is 0.763. The molecule has 4 rings (SSSR count). The maximum atomic E-state index is 12.6. The summed E-state index contributed by atoms with van der Waals surface area (Å²) in [5.41, 5.74) is 2.55. The number of carbonyl (C=O) groups excluding carboxylic acids is 3. The number of rotatable bonds is 2. The molecule has 2 saturated heterocycles. The first kappa shape index (κ1) is 15.3. The highest BCUT2D eigenvalue weighted by atomic mass is 16.2. The van der Waals surface area contributed by atoms with E-state index in [4.69, 9.17) is 0 Å². The number of hydrogen-bond acceptors (Lipinski definition) is 5. The van der Waals surface area contributed by atoms with Crippen molar-refractivity contribution < 1.29 is 14.4 Å². The minimum atomic E-state index is -0.565. The minimum absolute atomic E-state index is 0.163. The Morgan fingerprint density at radius 2 is 1.92 bits per heavy atom. The van der Waals surface area contributed by atoms with Crippen molar-refractivity contribution in [1.82, 2.24) is 20.5 Å². The molecule has 1 atom stereocenters. The highest BCUT2D eigenvalue weighted by Gasteiger charge is 2.39. The molecule has 3 amide bonds. The Bertz CT molecular complexity index is 712. The first-order valence-electron chi connectivity index (χ1n) is 8.47. The van der Waals surface area contributed by atoms with Crippen LogP contribution in [0.3, 0.4) is 0 Å². The van der Waals surface area contributed by atoms with Gasteiger partial charge in [-0.25, -0.2) is 0 Å². The molecule has 0 bridgehead atoms. The first-order chi connectivity index (χ1) is 11.6. The van der Waals surface area contributed by atoms with Crippen molar-refractivity contribution in [3.05, 3.63) is 29.1 Å². The van der Waals surface area contributed by atoms with Gasteiger partial charge in [-0.3, -0.25) is 24.7 Å². The summed E-state index contributed by atoms with van der Waals surface area (Å²) >= 11 is 0. The summed E-state index contributed by atoms with van der Waals surface area (Å²) in [5, 5.41) is 5.66. The van der Waals surface area contributed by atoms with E-state index in [1.807, 2.05) is 6.07 Å². The van der Waals surface area contributed by atoms with Crippen molar-refractivity contribution in [3.8, 4) is 0 Å². The van der Waals surface area contributed by atoms with Gasteiger partial charge < -0.3 is 10.2 Å². The topological polar surface area (TPSA) is 91.4 Å². The van der Waals surface area contributed by atoms with Crippen LogP contribution in [0.5, 0.6) is 0 Å². The second-order valence-corrected chi connectivity index (χ2v) is 6.69. The number of amides is 3. The van der Waals surface area contributed by atoms with Gasteiger partial charge in [0.05, 0.1) is 5.56 Å². The van der Waals surface area contributed by atoms with Gasteiger partial charge in [0.2, 0.25) is 11.8 Å². The summed E-state index contributed by atoms with van der Waals surface area (Å²) < 4.78 is 0. The average molecular weight is 328 g/mol. The molecular weight excluding hydrogens is 308 g/mol. The van der Waals surface area contributed by atoms with Crippen LogP contribution < -0.4 is 10.6 Å². The fraction of sp³-hybridized carbons (Fsp3) is 0.529. The summed E-state index contributed by atoms with van der Waals surface area (Å²) in [7, 11) is 0. The molecule has 126 valence electrons. The van der Waals surface area contributed by atoms with Crippen molar-refractivity contribution in [1.29, 1.82) is 0 Å². The third-order valence-electron chi connectivity index (χ3n) is 5.19. The third kappa shape index (κ3) is 2.58. The van der Waals surface area contributed by atoms with Gasteiger partial charge in [-0.1, -0.05) is 0 Å². The lowest BCUT2D eigenvalue weighted by atomic mass is 9.93. The summed E-state index contributed by atoms with van der Waals surface area (Å²) in [6.07, 6.45) is 4.42. The van der Waals surface area contributed by atoms with E-state index < -0.39 is 6.04 Å². The highest BCUT2D eigenvalue weighted by Crippen LogP contribution is 2.30. The van der Waals surface area contributed by atoms with E-state index in [-0.39, 0.29) is 24.1 Å². The number of pyridine rings is 1. The zero-order valence-corrected chi connectivity index (χ0v) is 13.4. The molecule has 0 radical (unpaired) electrons. The van der Waals surface area contributed by atoms with Gasteiger partial charge in [-0.15, -0.1) is 0 Å². The predicted molar refractivity (Wildman–Crippen MR) is 85.1 cm³/mol. The Morgan fingerprint density at radius 3 is 2.67 bits per heavy atom. The number of nitrogens with one attached hydrogen (secondary N) is 2. The summed E-state index contributed by atoms with van der Waals surface area (Å²) in [6, 6.07) is 1.46. The number of piperidine rings is 2. The molecule has 4 heterocycles. The van der Waals surface area contributed by atoms with Crippen molar-refractivity contribution in [2.24, 2.45) is 0 Å². The van der Waals surface area contributed by atoms with E-state index in [0.717, 1.165) is 37.2 Å². The van der Waals surface area contributed by atoms with Gasteiger partial charge in [0.25, 0.3) is 5.91 Å². The van der Waals surface area contributed by atoms with Crippen molar-refractivity contribution in [2.75, 3.05) is 13.1 Å². The Kier molecular flexibility index (Phi) is 3.80. The van der Waals surface area contributed by atoms with E-state index in [1.165, 1.54) is 0 Å². The summed E-state index contributed by atoms with van der Waals surface area (Å²) in [5.74, 6) is -0.380. The molecular formula is C17H20N4O3. The lowest BCUT2D eigenvalue weighted by Gasteiger charge is -2.29. The van der Waals surface area contributed by atoms with Crippen LogP contribution >= 0.6 is 0 Å². The van der Waals surface area contributed by atoms with Crippen molar-refractivity contribution in [3.63, 3.8) is 0 Å². The van der Waals surface area contributed by atoms with Crippen molar-refractivity contribution in [2.45, 2.75) is 44.2 Å². The second-order valence-electron chi connectivity index (χ2n) is 6.69. The first-order valence-corrected chi connectivity index (χ1v) is 8.47. The lowest BCUT2D eigenvalue weighted by molar-refractivity contribution is -0.136. The van der Waals surface area contributed by atoms with Crippen LogP contribution in [0.1, 0.15) is 53.2 Å². The van der Waals surface area contributed by atoms with Crippen LogP contribution in [-0.4, -0.2) is 46.7 Å². The van der Waals surface area contributed by atoms with Crippen LogP contribution in [0.15, 0.2) is 12.3 Å². The van der Waals surface area contributed by atoms with E-state index in [1.54, 1.807) is 11.1 Å². The van der Waals surface area contributed by atoms with Gasteiger partial charge in [-0.05, 0) is 44.0 Å². The monoisotopic (exact) mass is 328 g/mol. The number of fused-ring (bicyclic) bond motifs is 1. The largest absolute Gasteiger partial charge is 0.322 e. The molecule has 3 aliphatic rings. The van der Waals surface area contributed by atoms with Crippen LogP contribution in [0.4, 0.5) is 0 Å². The molecule has 1 unspecified atom stereocenters. The minimum Gasteiger partial charge on any atom is -0.322 e. The smallest absolute Gasteiger partial charge is 0.256 e. The highest BCUT2D eigenvalue weighted by molar-refractivity contribution is 6.05. The standard InChI is InChI=1S/C17H20N4O3/c22-15-2-1-14(16(23)20-15)21-9-11-7-13(10-3-5-18-6-4-10)19-8-12(11)17(21)24/h7-8,10,14,18H,1-6,9H2,(H,20,22,23). The van der Waals surface area contributed by atoms with E-state index in [0.29, 0.717) is 24.4 Å². The molecule has 0 aromatic carbocycles. The zero-order valence-electron chi connectivity index (χ0n) is 13.4. The predicted octanol–water partition coefficient (Wildman–Crippen LogP) is 0.310. The molecule has 0 aliphatic carbocycles. The van der Waals surface area contributed by atoms with Gasteiger partial charge in [0.15, 0.2) is 0 Å². The van der Waals surface area contributed by atoms with Crippen LogP contribution in [0, 0.1) is 0 Å². The number of hydrogen-bond donors (Lipinski definition) is 2. The summed E-state index contributed by atoms with van der Waals surface area (Å²) in [6.45, 7) is 2.40. The maximum absolute atomic E-state index is 12.6. The fourth-order valence-corrected chi connectivity index (χ4v) is 3.82. The van der Waals surface area contributed by atoms with Crippen molar-refractivity contribution >= 4 is 17.7 Å². The van der Waals surface area contributed by atoms with Crippen LogP contribution in [0.25, 0.3) is 0 Å². The molecule has 0 saturated carbocycles. The molecule has 2 N–H and O–H groups in total. The average Bonchev–Trinajstić information content (AvgIpc) is 2.92. The third-order valence-corrected chi connectivity index (χ3v) is 5.19. The SMILES string of the molecule is O=C1CCC(N2Cc3cc(C4CCNCC4)ncc3C2=O)C(=O)N1. The molecule has 1 aromatic heterocycles. The number of imide groups is 1. The van der Waals surface area contributed by atoms with E-state index >= 15 is 0 Å². The maximum Gasteiger partial charge on any atom is 0.256 e. The molecule has 7 nitrogen and oxygen atoms in total. The molecule has 7 heteroatoms. The zero-order chi connectivity index (χ0) is 16.7. The fourth-order valence-electron chi connectivity index (χ4n) is 3.82. The Hall–Kier alpha value is -2.28. The number of aromatic nitrogens is 1. The number of nitrogens with zero attached hydrogens (tertiary/aromatic N) is 2. The van der Waals surface area contributed by atoms with E-state index in [2.05, 4.69) is 15.6 Å². The van der Waals surface area contributed by atoms with Crippen LogP contribution in [-0.2, 0) is 16.1 Å². The molecule has 24 heavy (non-hydrogen) atoms. The Labute approximate surface area is 139 Å². The van der Waals surface area contributed by atoms with Gasteiger partial charge >= 0.3 is 0 Å². The Balaban J connectivity index is 1.55. The normalized spacial score (nSPS) is 24.9. The molecule has 3 aliphatic heterocycles. The summed E-state index contributed by atoms with van der Waals surface area (Å²) in [4.78, 5) is 42.1. The molecule has 0 spiro atoms. The van der Waals surface area contributed by atoms with Gasteiger partial charge in [0.1, 0.15) is 6.04 Å². The molecule has 1 aromatic rings. The lowest BCUT2D eigenvalue weighted by Crippen LogP contribution is -2.52. The van der Waals surface area contributed by atoms with Crippen LogP contribution in [0.2, 0.25) is 0 Å². The molecule has 2 fully saturated rings. The second kappa shape index (κ2) is 5.98. The van der Waals surface area contributed by atoms with E-state index in [9.17, 15) is 14.4 Å². The number of carbonyl (C=O) groups is 3. The Morgan fingerprint density at radius 1 is 1.12 bits per heavy atom. The van der Waals surface area contributed by atoms with Gasteiger partial charge in [-0.2, -0.15) is 0 Å².